The van der Waals surface area contributed by atoms with Gasteiger partial charge in [0.2, 0.25) is 0 Å². The molecule has 0 spiro atoms. The van der Waals surface area contributed by atoms with Crippen LogP contribution in [-0.2, 0) is 0 Å². The van der Waals surface area contributed by atoms with E-state index >= 15 is 0 Å². The Kier molecular flexibility index (Phi) is 4.30. The van der Waals surface area contributed by atoms with Crippen LogP contribution in [0.3, 0.4) is 0 Å². The van der Waals surface area contributed by atoms with E-state index < -0.39 is 11.6 Å². The van der Waals surface area contributed by atoms with E-state index in [-0.39, 0.29) is 0 Å². The van der Waals surface area contributed by atoms with E-state index in [1.54, 1.807) is 18.2 Å². The molecule has 0 bridgehead atoms. The van der Waals surface area contributed by atoms with Gasteiger partial charge in [-0.3, -0.25) is 0 Å². The first-order valence-electron chi connectivity index (χ1n) is 6.28. The van der Waals surface area contributed by atoms with Gasteiger partial charge in [0.1, 0.15) is 0 Å². The lowest BCUT2D eigenvalue weighted by atomic mass is 9.86. The number of carboxylic acid groups (broad SMARTS) is 1. The first kappa shape index (κ1) is 13.4. The zero-order valence-electron chi connectivity index (χ0n) is 10.3. The number of aliphatic hydroxyl groups is 1. The molecule has 0 aliphatic heterocycles. The maximum Gasteiger partial charge on any atom is 0.336 e. The highest BCUT2D eigenvalue weighted by Crippen LogP contribution is 2.34. The van der Waals surface area contributed by atoms with E-state index in [2.05, 4.69) is 0 Å². The Labute approximate surface area is 111 Å². The molecule has 0 unspecified atom stereocenters. The third-order valence-corrected chi connectivity index (χ3v) is 4.75. The molecule has 0 atom stereocenters. The Hall–Kier alpha value is -1.00. The van der Waals surface area contributed by atoms with Crippen molar-refractivity contribution in [3.8, 4) is 0 Å². The Morgan fingerprint density at radius 2 is 1.89 bits per heavy atom. The lowest BCUT2D eigenvalue weighted by Crippen LogP contribution is -2.34. The van der Waals surface area contributed by atoms with E-state index in [0.717, 1.165) is 30.6 Å². The molecule has 1 aliphatic rings. The number of rotatable bonds is 4. The number of aromatic carboxylic acids is 1. The zero-order chi connectivity index (χ0) is 13.0. The van der Waals surface area contributed by atoms with Crippen molar-refractivity contribution in [2.75, 3.05) is 5.75 Å². The minimum absolute atomic E-state index is 0.321. The van der Waals surface area contributed by atoms with Gasteiger partial charge in [-0.2, -0.15) is 0 Å². The van der Waals surface area contributed by atoms with Crippen molar-refractivity contribution in [3.63, 3.8) is 0 Å². The fourth-order valence-electron chi connectivity index (χ4n) is 2.34. The van der Waals surface area contributed by atoms with Crippen LogP contribution in [0.15, 0.2) is 29.2 Å². The second-order valence-electron chi connectivity index (χ2n) is 4.87. The molecule has 0 aromatic heterocycles. The van der Waals surface area contributed by atoms with E-state index in [1.165, 1.54) is 18.2 Å². The number of benzene rings is 1. The van der Waals surface area contributed by atoms with Crippen molar-refractivity contribution in [1.82, 2.24) is 0 Å². The van der Waals surface area contributed by atoms with Crippen molar-refractivity contribution < 1.29 is 15.0 Å². The third kappa shape index (κ3) is 3.27. The molecule has 0 radical (unpaired) electrons. The molecule has 1 fully saturated rings. The number of hydrogen-bond donors (Lipinski definition) is 2. The van der Waals surface area contributed by atoms with Gasteiger partial charge in [-0.25, -0.2) is 4.79 Å². The van der Waals surface area contributed by atoms with E-state index in [0.29, 0.717) is 11.3 Å². The normalized spacial score (nSPS) is 18.5. The molecule has 3 nitrogen and oxygen atoms in total. The Morgan fingerprint density at radius 3 is 2.56 bits per heavy atom. The number of thioether (sulfide) groups is 1. The maximum absolute atomic E-state index is 11.1. The average Bonchev–Trinajstić information content (AvgIpc) is 2.38. The molecule has 2 rings (SSSR count). The van der Waals surface area contributed by atoms with E-state index in [9.17, 15) is 9.90 Å². The Balaban J connectivity index is 2.03. The highest BCUT2D eigenvalue weighted by atomic mass is 32.2. The molecule has 4 heteroatoms. The second kappa shape index (κ2) is 5.76. The summed E-state index contributed by atoms with van der Waals surface area (Å²) in [6.45, 7) is 0. The summed E-state index contributed by atoms with van der Waals surface area (Å²) < 4.78 is 0. The van der Waals surface area contributed by atoms with Gasteiger partial charge in [0, 0.05) is 10.6 Å². The van der Waals surface area contributed by atoms with Gasteiger partial charge in [-0.1, -0.05) is 31.4 Å². The molecule has 1 aliphatic carbocycles. The van der Waals surface area contributed by atoms with Crippen molar-refractivity contribution in [2.45, 2.75) is 42.6 Å². The lowest BCUT2D eigenvalue weighted by molar-refractivity contribution is 0.0272. The molecule has 0 amide bonds. The molecule has 1 aromatic rings. The maximum atomic E-state index is 11.1. The molecule has 18 heavy (non-hydrogen) atoms. The summed E-state index contributed by atoms with van der Waals surface area (Å²) in [5.74, 6) is -0.328. The summed E-state index contributed by atoms with van der Waals surface area (Å²) >= 11 is 1.45. The molecular formula is C14H18O3S. The zero-order valence-corrected chi connectivity index (χ0v) is 11.1. The van der Waals surface area contributed by atoms with Crippen LogP contribution < -0.4 is 0 Å². The van der Waals surface area contributed by atoms with Crippen LogP contribution in [0.4, 0.5) is 0 Å². The molecular weight excluding hydrogens is 248 g/mol. The average molecular weight is 266 g/mol. The van der Waals surface area contributed by atoms with Crippen LogP contribution in [0.2, 0.25) is 0 Å². The second-order valence-corrected chi connectivity index (χ2v) is 5.89. The molecule has 1 saturated carbocycles. The van der Waals surface area contributed by atoms with Crippen LogP contribution in [0.25, 0.3) is 0 Å². The van der Waals surface area contributed by atoms with Crippen molar-refractivity contribution in [3.05, 3.63) is 29.8 Å². The first-order chi connectivity index (χ1) is 8.61. The molecule has 98 valence electrons. The first-order valence-corrected chi connectivity index (χ1v) is 7.27. The number of carboxylic acids is 1. The molecule has 0 saturated heterocycles. The number of hydrogen-bond acceptors (Lipinski definition) is 3. The summed E-state index contributed by atoms with van der Waals surface area (Å²) in [4.78, 5) is 11.8. The van der Waals surface area contributed by atoms with Gasteiger partial charge in [-0.05, 0) is 25.0 Å². The fourth-order valence-corrected chi connectivity index (χ4v) is 3.53. The van der Waals surface area contributed by atoms with E-state index in [1.807, 2.05) is 6.07 Å². The molecule has 0 heterocycles. The standard InChI is InChI=1S/C14H18O3S/c15-13(16)11-6-2-3-7-12(11)18-10-14(17)8-4-1-5-9-14/h2-3,6-7,17H,1,4-5,8-10H2,(H,15,16). The topological polar surface area (TPSA) is 57.5 Å². The monoisotopic (exact) mass is 266 g/mol. The Bertz CT molecular complexity index is 425. The van der Waals surface area contributed by atoms with Crippen molar-refractivity contribution in [1.29, 1.82) is 0 Å². The van der Waals surface area contributed by atoms with Crippen molar-refractivity contribution in [2.24, 2.45) is 0 Å². The summed E-state index contributed by atoms with van der Waals surface area (Å²) in [6.07, 6.45) is 4.98. The van der Waals surface area contributed by atoms with Gasteiger partial charge >= 0.3 is 5.97 Å². The minimum atomic E-state index is -0.909. The minimum Gasteiger partial charge on any atom is -0.478 e. The predicted octanol–water partition coefficient (Wildman–Crippen LogP) is 3.17. The summed E-state index contributed by atoms with van der Waals surface area (Å²) in [6, 6.07) is 6.97. The molecule has 2 N–H and O–H groups in total. The quantitative estimate of drug-likeness (QED) is 0.822. The van der Waals surface area contributed by atoms with Crippen molar-refractivity contribution >= 4 is 17.7 Å². The van der Waals surface area contributed by atoms with Gasteiger partial charge in [-0.15, -0.1) is 11.8 Å². The highest BCUT2D eigenvalue weighted by Gasteiger charge is 2.29. The highest BCUT2D eigenvalue weighted by molar-refractivity contribution is 7.99. The summed E-state index contributed by atoms with van der Waals surface area (Å²) in [5.41, 5.74) is -0.295. The van der Waals surface area contributed by atoms with Crippen LogP contribution in [-0.4, -0.2) is 27.5 Å². The predicted molar refractivity (Wildman–Crippen MR) is 72.2 cm³/mol. The third-order valence-electron chi connectivity index (χ3n) is 3.40. The van der Waals surface area contributed by atoms with Gasteiger partial charge in [0.25, 0.3) is 0 Å². The summed E-state index contributed by atoms with van der Waals surface area (Å²) in [7, 11) is 0. The van der Waals surface area contributed by atoms with Crippen LogP contribution in [0.5, 0.6) is 0 Å². The Morgan fingerprint density at radius 1 is 1.22 bits per heavy atom. The van der Waals surface area contributed by atoms with Gasteiger partial charge in [0.15, 0.2) is 0 Å². The summed E-state index contributed by atoms with van der Waals surface area (Å²) in [5, 5.41) is 19.5. The largest absolute Gasteiger partial charge is 0.478 e. The van der Waals surface area contributed by atoms with Gasteiger partial charge < -0.3 is 10.2 Å². The van der Waals surface area contributed by atoms with Crippen LogP contribution >= 0.6 is 11.8 Å². The van der Waals surface area contributed by atoms with Crippen LogP contribution in [0.1, 0.15) is 42.5 Å². The SMILES string of the molecule is O=C(O)c1ccccc1SCC1(O)CCCCC1. The van der Waals surface area contributed by atoms with E-state index in [4.69, 9.17) is 5.11 Å². The van der Waals surface area contributed by atoms with Crippen LogP contribution in [0, 0.1) is 0 Å². The number of carbonyl (C=O) groups is 1. The fraction of sp³-hybridized carbons (Fsp3) is 0.500. The lowest BCUT2D eigenvalue weighted by Gasteiger charge is -2.31. The molecule has 1 aromatic carbocycles. The smallest absolute Gasteiger partial charge is 0.336 e. The van der Waals surface area contributed by atoms with Gasteiger partial charge in [0.05, 0.1) is 11.2 Å².